The van der Waals surface area contributed by atoms with Gasteiger partial charge in [0.25, 0.3) is 0 Å². The minimum Gasteiger partial charge on any atom is -0.165 e. The molecular formula is C10H20Cl2S. The van der Waals surface area contributed by atoms with Crippen molar-refractivity contribution in [3.63, 3.8) is 0 Å². The van der Waals surface area contributed by atoms with Gasteiger partial charge in [0.2, 0.25) is 0 Å². The summed E-state index contributed by atoms with van der Waals surface area (Å²) in [6.07, 6.45) is 6.89. The zero-order valence-corrected chi connectivity index (χ0v) is 10.9. The van der Waals surface area contributed by atoms with E-state index in [1.807, 2.05) is 11.8 Å². The maximum atomic E-state index is 5.99. The van der Waals surface area contributed by atoms with Crippen molar-refractivity contribution in [3.8, 4) is 0 Å². The maximum Gasteiger partial charge on any atom is 0.0291 e. The SMILES string of the molecule is CCCC(CCl)(CCl)CCCSC. The van der Waals surface area contributed by atoms with Gasteiger partial charge in [-0.15, -0.1) is 23.2 Å². The van der Waals surface area contributed by atoms with E-state index in [2.05, 4.69) is 13.2 Å². The molecule has 0 aromatic rings. The van der Waals surface area contributed by atoms with E-state index in [0.29, 0.717) is 11.8 Å². The standard InChI is InChI=1S/C10H20Cl2S/c1-3-5-10(8-11,9-12)6-4-7-13-2/h3-9H2,1-2H3. The predicted octanol–water partition coefficient (Wildman–Crippen LogP) is 4.39. The molecule has 0 atom stereocenters. The monoisotopic (exact) mass is 242 g/mol. The fraction of sp³-hybridized carbons (Fsp3) is 1.00. The van der Waals surface area contributed by atoms with E-state index in [0.717, 1.165) is 6.42 Å². The van der Waals surface area contributed by atoms with Crippen molar-refractivity contribution >= 4 is 35.0 Å². The van der Waals surface area contributed by atoms with Gasteiger partial charge in [-0.2, -0.15) is 11.8 Å². The molecule has 0 aliphatic carbocycles. The van der Waals surface area contributed by atoms with Gasteiger partial charge in [-0.05, 0) is 36.7 Å². The molecule has 0 saturated heterocycles. The van der Waals surface area contributed by atoms with Gasteiger partial charge >= 0.3 is 0 Å². The van der Waals surface area contributed by atoms with Gasteiger partial charge in [0.1, 0.15) is 0 Å². The molecule has 0 aromatic heterocycles. The minimum atomic E-state index is 0.202. The summed E-state index contributed by atoms with van der Waals surface area (Å²) in [4.78, 5) is 0. The molecule has 0 fully saturated rings. The van der Waals surface area contributed by atoms with Crippen LogP contribution in [0.5, 0.6) is 0 Å². The second kappa shape index (κ2) is 8.26. The summed E-state index contributed by atoms with van der Waals surface area (Å²) < 4.78 is 0. The lowest BCUT2D eigenvalue weighted by molar-refractivity contribution is 0.313. The number of rotatable bonds is 8. The lowest BCUT2D eigenvalue weighted by Gasteiger charge is -2.29. The van der Waals surface area contributed by atoms with E-state index in [4.69, 9.17) is 23.2 Å². The summed E-state index contributed by atoms with van der Waals surface area (Å²) in [6.45, 7) is 2.20. The van der Waals surface area contributed by atoms with Crippen molar-refractivity contribution in [2.75, 3.05) is 23.8 Å². The van der Waals surface area contributed by atoms with Crippen molar-refractivity contribution in [2.45, 2.75) is 32.6 Å². The normalized spacial score (nSPS) is 12.0. The minimum absolute atomic E-state index is 0.202. The summed E-state index contributed by atoms with van der Waals surface area (Å²) in [5.74, 6) is 2.64. The Kier molecular flexibility index (Phi) is 8.85. The first-order chi connectivity index (χ1) is 6.24. The summed E-state index contributed by atoms with van der Waals surface area (Å²) in [5.41, 5.74) is 0.202. The fourth-order valence-electron chi connectivity index (χ4n) is 1.55. The highest BCUT2D eigenvalue weighted by atomic mass is 35.5. The lowest BCUT2D eigenvalue weighted by atomic mass is 9.83. The van der Waals surface area contributed by atoms with E-state index in [-0.39, 0.29) is 5.41 Å². The van der Waals surface area contributed by atoms with Crippen molar-refractivity contribution in [2.24, 2.45) is 5.41 Å². The highest BCUT2D eigenvalue weighted by molar-refractivity contribution is 7.98. The van der Waals surface area contributed by atoms with Crippen LogP contribution >= 0.6 is 35.0 Å². The molecule has 13 heavy (non-hydrogen) atoms. The topological polar surface area (TPSA) is 0 Å². The zero-order valence-electron chi connectivity index (χ0n) is 8.61. The molecule has 0 saturated carbocycles. The molecule has 0 bridgehead atoms. The molecule has 0 radical (unpaired) electrons. The number of thioether (sulfide) groups is 1. The van der Waals surface area contributed by atoms with Crippen molar-refractivity contribution in [3.05, 3.63) is 0 Å². The molecule has 80 valence electrons. The first-order valence-corrected chi connectivity index (χ1v) is 7.32. The first kappa shape index (κ1) is 13.9. The Balaban J connectivity index is 3.89. The van der Waals surface area contributed by atoms with E-state index in [1.165, 1.54) is 25.0 Å². The average molecular weight is 243 g/mol. The third-order valence-corrected chi connectivity index (χ3v) is 4.23. The van der Waals surface area contributed by atoms with Crippen LogP contribution in [0.4, 0.5) is 0 Å². The molecule has 0 rings (SSSR count). The van der Waals surface area contributed by atoms with Gasteiger partial charge in [-0.3, -0.25) is 0 Å². The average Bonchev–Trinajstić information content (AvgIpc) is 2.17. The molecular weight excluding hydrogens is 223 g/mol. The number of alkyl halides is 2. The molecule has 3 heteroatoms. The van der Waals surface area contributed by atoms with Gasteiger partial charge in [-0.1, -0.05) is 13.3 Å². The van der Waals surface area contributed by atoms with Gasteiger partial charge in [0.05, 0.1) is 0 Å². The van der Waals surface area contributed by atoms with Crippen LogP contribution < -0.4 is 0 Å². The summed E-state index contributed by atoms with van der Waals surface area (Å²) in [5, 5.41) is 0. The number of hydrogen-bond donors (Lipinski definition) is 0. The summed E-state index contributed by atoms with van der Waals surface area (Å²) in [7, 11) is 0. The Morgan fingerprint density at radius 1 is 1.15 bits per heavy atom. The van der Waals surface area contributed by atoms with E-state index >= 15 is 0 Å². The van der Waals surface area contributed by atoms with E-state index in [9.17, 15) is 0 Å². The Morgan fingerprint density at radius 2 is 1.77 bits per heavy atom. The van der Waals surface area contributed by atoms with Crippen LogP contribution in [0.25, 0.3) is 0 Å². The number of hydrogen-bond acceptors (Lipinski definition) is 1. The molecule has 0 aliphatic rings. The van der Waals surface area contributed by atoms with Crippen LogP contribution in [0.2, 0.25) is 0 Å². The molecule has 0 N–H and O–H groups in total. The smallest absolute Gasteiger partial charge is 0.0291 e. The van der Waals surface area contributed by atoms with Crippen LogP contribution in [0.15, 0.2) is 0 Å². The van der Waals surface area contributed by atoms with Gasteiger partial charge < -0.3 is 0 Å². The second-order valence-electron chi connectivity index (χ2n) is 3.61. The van der Waals surface area contributed by atoms with Gasteiger partial charge in [0.15, 0.2) is 0 Å². The molecule has 0 amide bonds. The summed E-state index contributed by atoms with van der Waals surface area (Å²) in [6, 6.07) is 0. The molecule has 0 heterocycles. The maximum absolute atomic E-state index is 5.99. The highest BCUT2D eigenvalue weighted by Gasteiger charge is 2.26. The van der Waals surface area contributed by atoms with Gasteiger partial charge in [0, 0.05) is 11.8 Å². The Labute approximate surface area is 96.8 Å². The van der Waals surface area contributed by atoms with Crippen LogP contribution in [0, 0.1) is 5.41 Å². The van der Waals surface area contributed by atoms with Crippen molar-refractivity contribution in [1.82, 2.24) is 0 Å². The van der Waals surface area contributed by atoms with Crippen LogP contribution in [-0.4, -0.2) is 23.8 Å². The Hall–Kier alpha value is 0.930. The Morgan fingerprint density at radius 3 is 2.15 bits per heavy atom. The third-order valence-electron chi connectivity index (χ3n) is 2.40. The highest BCUT2D eigenvalue weighted by Crippen LogP contribution is 2.33. The molecule has 0 aliphatic heterocycles. The lowest BCUT2D eigenvalue weighted by Crippen LogP contribution is -2.25. The molecule has 0 aromatic carbocycles. The summed E-state index contributed by atoms with van der Waals surface area (Å²) >= 11 is 13.9. The molecule has 0 unspecified atom stereocenters. The molecule has 0 nitrogen and oxygen atoms in total. The fourth-order valence-corrected chi connectivity index (χ4v) is 2.80. The zero-order chi connectivity index (χ0) is 10.2. The molecule has 0 spiro atoms. The predicted molar refractivity (Wildman–Crippen MR) is 66.4 cm³/mol. The van der Waals surface area contributed by atoms with Crippen LogP contribution in [-0.2, 0) is 0 Å². The van der Waals surface area contributed by atoms with E-state index < -0.39 is 0 Å². The van der Waals surface area contributed by atoms with Crippen molar-refractivity contribution in [1.29, 1.82) is 0 Å². The largest absolute Gasteiger partial charge is 0.165 e. The quantitative estimate of drug-likeness (QED) is 0.450. The van der Waals surface area contributed by atoms with Gasteiger partial charge in [-0.25, -0.2) is 0 Å². The second-order valence-corrected chi connectivity index (χ2v) is 5.13. The van der Waals surface area contributed by atoms with E-state index in [1.54, 1.807) is 0 Å². The Bertz CT molecular complexity index is 113. The third kappa shape index (κ3) is 5.39. The van der Waals surface area contributed by atoms with Crippen molar-refractivity contribution < 1.29 is 0 Å². The number of halogens is 2. The first-order valence-electron chi connectivity index (χ1n) is 4.85. The van der Waals surface area contributed by atoms with Crippen LogP contribution in [0.3, 0.4) is 0 Å². The van der Waals surface area contributed by atoms with Crippen LogP contribution in [0.1, 0.15) is 32.6 Å².